The number of aromatic nitrogens is 2. The molecule has 0 amide bonds. The number of allylic oxidation sites excluding steroid dienone is 1. The van der Waals surface area contributed by atoms with Crippen molar-refractivity contribution in [2.75, 3.05) is 5.32 Å². The normalized spacial score (nSPS) is 10.7. The van der Waals surface area contributed by atoms with Gasteiger partial charge in [-0.3, -0.25) is 4.79 Å². The lowest BCUT2D eigenvalue weighted by Crippen LogP contribution is -2.09. The summed E-state index contributed by atoms with van der Waals surface area (Å²) in [5.74, 6) is 0. The average molecular weight is 389 g/mol. The molecule has 1 N–H and O–H groups in total. The first kappa shape index (κ1) is 19.5. The number of benzene rings is 2. The molecule has 2 radical (unpaired) electrons. The van der Waals surface area contributed by atoms with Crippen molar-refractivity contribution in [3.05, 3.63) is 103 Å². The topological polar surface area (TPSA) is 46.4 Å². The highest BCUT2D eigenvalue weighted by Gasteiger charge is 2.10. The molecular formula is C25H20BN3O. The zero-order valence-electron chi connectivity index (χ0n) is 16.5. The van der Waals surface area contributed by atoms with Crippen LogP contribution in [-0.4, -0.2) is 23.7 Å². The van der Waals surface area contributed by atoms with Crippen molar-refractivity contribution in [2.24, 2.45) is 0 Å². The van der Waals surface area contributed by atoms with E-state index in [9.17, 15) is 4.79 Å². The Morgan fingerprint density at radius 2 is 2.03 bits per heavy atom. The molecule has 0 aliphatic heterocycles. The van der Waals surface area contributed by atoms with Crippen molar-refractivity contribution in [3.8, 4) is 11.1 Å². The smallest absolute Gasteiger partial charge is 0.149 e. The Bertz CT molecular complexity index is 1270. The SMILES string of the molecule is [B]c1cc(-c2cnn3ccc(C(=C)Nc4cccc(CC=C)c4)cc23)ccc1C=O. The minimum atomic E-state index is 0.448. The molecule has 2 aromatic heterocycles. The van der Waals surface area contributed by atoms with E-state index in [2.05, 4.69) is 35.7 Å². The van der Waals surface area contributed by atoms with Gasteiger partial charge in [0.25, 0.3) is 0 Å². The maximum atomic E-state index is 11.0. The van der Waals surface area contributed by atoms with Gasteiger partial charge in [-0.1, -0.05) is 48.4 Å². The summed E-state index contributed by atoms with van der Waals surface area (Å²) in [6.07, 6.45) is 7.16. The summed E-state index contributed by atoms with van der Waals surface area (Å²) < 4.78 is 1.81. The molecule has 0 atom stereocenters. The number of carbonyl (C=O) groups is 1. The average Bonchev–Trinajstić information content (AvgIpc) is 3.17. The maximum absolute atomic E-state index is 11.0. The molecule has 30 heavy (non-hydrogen) atoms. The lowest BCUT2D eigenvalue weighted by molar-refractivity contribution is 0.112. The van der Waals surface area contributed by atoms with Crippen molar-refractivity contribution in [1.82, 2.24) is 9.61 Å². The van der Waals surface area contributed by atoms with Gasteiger partial charge in [-0.25, -0.2) is 4.52 Å². The van der Waals surface area contributed by atoms with E-state index >= 15 is 0 Å². The Morgan fingerprint density at radius 1 is 1.17 bits per heavy atom. The number of rotatable bonds is 7. The van der Waals surface area contributed by atoms with Gasteiger partial charge < -0.3 is 5.32 Å². The molecular weight excluding hydrogens is 369 g/mol. The summed E-state index contributed by atoms with van der Waals surface area (Å²) >= 11 is 0. The molecule has 0 saturated heterocycles. The van der Waals surface area contributed by atoms with E-state index < -0.39 is 0 Å². The lowest BCUT2D eigenvalue weighted by atomic mass is 9.88. The molecule has 0 fully saturated rings. The summed E-state index contributed by atoms with van der Waals surface area (Å²) in [7, 11) is 5.99. The highest BCUT2D eigenvalue weighted by Crippen LogP contribution is 2.27. The van der Waals surface area contributed by atoms with Crippen molar-refractivity contribution in [1.29, 1.82) is 0 Å². The first-order chi connectivity index (χ1) is 14.6. The molecule has 4 rings (SSSR count). The maximum Gasteiger partial charge on any atom is 0.149 e. The number of hydrogen-bond acceptors (Lipinski definition) is 3. The highest BCUT2D eigenvalue weighted by molar-refractivity contribution is 6.35. The van der Waals surface area contributed by atoms with Crippen LogP contribution in [0.1, 0.15) is 21.5 Å². The van der Waals surface area contributed by atoms with Crippen molar-refractivity contribution >= 4 is 36.5 Å². The number of hydrogen-bond donors (Lipinski definition) is 1. The Balaban J connectivity index is 1.66. The minimum absolute atomic E-state index is 0.448. The van der Waals surface area contributed by atoms with Gasteiger partial charge >= 0.3 is 0 Å². The van der Waals surface area contributed by atoms with Crippen LogP contribution in [0.4, 0.5) is 5.69 Å². The zero-order chi connectivity index (χ0) is 21.1. The summed E-state index contributed by atoms with van der Waals surface area (Å²) in [6.45, 7) is 8.00. The van der Waals surface area contributed by atoms with E-state index in [0.717, 1.165) is 46.3 Å². The minimum Gasteiger partial charge on any atom is -0.356 e. The third kappa shape index (κ3) is 3.83. The molecule has 2 aromatic carbocycles. The van der Waals surface area contributed by atoms with Gasteiger partial charge in [0.15, 0.2) is 0 Å². The molecule has 5 heteroatoms. The lowest BCUT2D eigenvalue weighted by Gasteiger charge is -2.12. The summed E-state index contributed by atoms with van der Waals surface area (Å²) in [5.41, 5.74) is 7.59. The molecule has 0 spiro atoms. The predicted molar refractivity (Wildman–Crippen MR) is 124 cm³/mol. The Kier molecular flexibility index (Phi) is 5.35. The van der Waals surface area contributed by atoms with Gasteiger partial charge in [0.2, 0.25) is 0 Å². The van der Waals surface area contributed by atoms with Crippen LogP contribution in [0.2, 0.25) is 0 Å². The van der Waals surface area contributed by atoms with Crippen LogP contribution < -0.4 is 10.8 Å². The second-order valence-corrected chi connectivity index (χ2v) is 7.06. The summed E-state index contributed by atoms with van der Waals surface area (Å²) in [4.78, 5) is 11.0. The van der Waals surface area contributed by atoms with Crippen LogP contribution in [0.15, 0.2) is 86.2 Å². The van der Waals surface area contributed by atoms with Crippen LogP contribution in [0.5, 0.6) is 0 Å². The number of aldehydes is 1. The number of nitrogens with one attached hydrogen (secondary N) is 1. The molecule has 144 valence electrons. The fourth-order valence-electron chi connectivity index (χ4n) is 3.43. The monoisotopic (exact) mass is 389 g/mol. The van der Waals surface area contributed by atoms with E-state index in [0.29, 0.717) is 11.0 Å². The van der Waals surface area contributed by atoms with Gasteiger partial charge in [-0.15, -0.1) is 6.58 Å². The Hall–Kier alpha value is -3.86. The van der Waals surface area contributed by atoms with Gasteiger partial charge in [0, 0.05) is 34.3 Å². The first-order valence-corrected chi connectivity index (χ1v) is 9.57. The van der Waals surface area contributed by atoms with E-state index in [1.54, 1.807) is 22.8 Å². The molecule has 4 nitrogen and oxygen atoms in total. The molecule has 4 aromatic rings. The van der Waals surface area contributed by atoms with Crippen LogP contribution in [0, 0.1) is 0 Å². The van der Waals surface area contributed by atoms with Crippen molar-refractivity contribution < 1.29 is 4.79 Å². The van der Waals surface area contributed by atoms with Crippen LogP contribution >= 0.6 is 0 Å². The Labute approximate surface area is 177 Å². The molecule has 0 aliphatic carbocycles. The van der Waals surface area contributed by atoms with Gasteiger partial charge in [-0.2, -0.15) is 5.10 Å². The number of fused-ring (bicyclic) bond motifs is 1. The van der Waals surface area contributed by atoms with Crippen LogP contribution in [0.25, 0.3) is 22.3 Å². The fraction of sp³-hybridized carbons (Fsp3) is 0.0400. The molecule has 0 unspecified atom stereocenters. The third-order valence-electron chi connectivity index (χ3n) is 5.00. The molecule has 0 saturated carbocycles. The van der Waals surface area contributed by atoms with Crippen molar-refractivity contribution in [2.45, 2.75) is 6.42 Å². The van der Waals surface area contributed by atoms with Crippen LogP contribution in [0.3, 0.4) is 0 Å². The van der Waals surface area contributed by atoms with E-state index in [4.69, 9.17) is 7.85 Å². The second-order valence-electron chi connectivity index (χ2n) is 7.06. The molecule has 2 heterocycles. The van der Waals surface area contributed by atoms with E-state index in [1.807, 2.05) is 42.6 Å². The van der Waals surface area contributed by atoms with E-state index in [1.165, 1.54) is 5.56 Å². The van der Waals surface area contributed by atoms with E-state index in [-0.39, 0.29) is 0 Å². The number of nitrogens with zero attached hydrogens (tertiary/aromatic N) is 2. The summed E-state index contributed by atoms with van der Waals surface area (Å²) in [6, 6.07) is 17.6. The fourth-order valence-corrected chi connectivity index (χ4v) is 3.43. The first-order valence-electron chi connectivity index (χ1n) is 9.57. The largest absolute Gasteiger partial charge is 0.356 e. The van der Waals surface area contributed by atoms with Gasteiger partial charge in [0.05, 0.1) is 11.7 Å². The third-order valence-corrected chi connectivity index (χ3v) is 5.00. The van der Waals surface area contributed by atoms with Gasteiger partial charge in [0.1, 0.15) is 14.1 Å². The van der Waals surface area contributed by atoms with Crippen LogP contribution in [-0.2, 0) is 6.42 Å². The van der Waals surface area contributed by atoms with Crippen molar-refractivity contribution in [3.63, 3.8) is 0 Å². The Morgan fingerprint density at radius 3 is 2.80 bits per heavy atom. The number of pyridine rings is 1. The standard InChI is InChI=1S/C25H20BN3O/c1-3-5-18-6-4-7-22(12-18)28-17(2)19-10-11-29-25(14-19)23(15-27-29)20-8-9-21(16-30)24(26)13-20/h3-4,6-16,28H,1-2,5H2. The quantitative estimate of drug-likeness (QED) is 0.289. The number of anilines is 1. The zero-order valence-corrected chi connectivity index (χ0v) is 16.5. The number of carbonyl (C=O) groups excluding carboxylic acids is 1. The van der Waals surface area contributed by atoms with Gasteiger partial charge in [-0.05, 0) is 41.8 Å². The summed E-state index contributed by atoms with van der Waals surface area (Å²) in [5, 5.41) is 7.81. The molecule has 0 bridgehead atoms. The highest BCUT2D eigenvalue weighted by atomic mass is 16.1. The second kappa shape index (κ2) is 8.25. The molecule has 0 aliphatic rings. The predicted octanol–water partition coefficient (Wildman–Crippen LogP) is 4.42.